The van der Waals surface area contributed by atoms with E-state index in [0.717, 1.165) is 11.1 Å². The van der Waals surface area contributed by atoms with Crippen LogP contribution in [0.5, 0.6) is 0 Å². The van der Waals surface area contributed by atoms with Crippen LogP contribution < -0.4 is 5.32 Å². The highest BCUT2D eigenvalue weighted by molar-refractivity contribution is 7.14. The van der Waals surface area contributed by atoms with E-state index in [0.29, 0.717) is 5.13 Å². The van der Waals surface area contributed by atoms with E-state index in [2.05, 4.69) is 10.3 Å². The summed E-state index contributed by atoms with van der Waals surface area (Å²) >= 11 is 1.28. The van der Waals surface area contributed by atoms with E-state index in [-0.39, 0.29) is 5.69 Å². The molecule has 0 aliphatic heterocycles. The molecule has 0 unspecified atom stereocenters. The predicted molar refractivity (Wildman–Crippen MR) is 76.3 cm³/mol. The second-order valence-electron chi connectivity index (χ2n) is 4.03. The lowest BCUT2D eigenvalue weighted by molar-refractivity contribution is 0.0691. The molecule has 0 aliphatic rings. The van der Waals surface area contributed by atoms with E-state index >= 15 is 0 Å². The first-order valence-corrected chi connectivity index (χ1v) is 6.55. The minimum atomic E-state index is -1.01. The first-order chi connectivity index (χ1) is 9.22. The average molecular weight is 270 g/mol. The predicted octanol–water partition coefficient (Wildman–Crippen LogP) is 3.74. The Morgan fingerprint density at radius 1 is 1.16 bits per heavy atom. The molecule has 0 aliphatic carbocycles. The number of thiazole rings is 1. The number of fused-ring (bicyclic) bond motifs is 1. The van der Waals surface area contributed by atoms with Crippen LogP contribution >= 0.6 is 11.3 Å². The number of nitrogens with one attached hydrogen (secondary N) is 1. The Balaban J connectivity index is 1.89. The summed E-state index contributed by atoms with van der Waals surface area (Å²) in [5.41, 5.74) is 0.957. The Bertz CT molecular complexity index is 752. The molecule has 0 radical (unpaired) electrons. The Hall–Kier alpha value is -2.40. The third kappa shape index (κ3) is 2.41. The highest BCUT2D eigenvalue weighted by atomic mass is 32.1. The van der Waals surface area contributed by atoms with Crippen LogP contribution in [0.15, 0.2) is 47.8 Å². The van der Waals surface area contributed by atoms with Crippen LogP contribution in [-0.2, 0) is 0 Å². The van der Waals surface area contributed by atoms with E-state index in [1.807, 2.05) is 42.5 Å². The molecule has 3 aromatic rings. The van der Waals surface area contributed by atoms with Crippen molar-refractivity contribution >= 4 is 38.9 Å². The molecule has 3 rings (SSSR count). The molecule has 0 saturated carbocycles. The topological polar surface area (TPSA) is 62.2 Å². The maximum absolute atomic E-state index is 10.8. The smallest absolute Gasteiger partial charge is 0.355 e. The summed E-state index contributed by atoms with van der Waals surface area (Å²) in [7, 11) is 0. The maximum atomic E-state index is 10.8. The van der Waals surface area contributed by atoms with E-state index in [9.17, 15) is 4.79 Å². The van der Waals surface area contributed by atoms with Gasteiger partial charge in [0.05, 0.1) is 0 Å². The number of anilines is 2. The van der Waals surface area contributed by atoms with Crippen LogP contribution in [0.2, 0.25) is 0 Å². The van der Waals surface area contributed by atoms with Crippen molar-refractivity contribution in [1.82, 2.24) is 4.98 Å². The van der Waals surface area contributed by atoms with Gasteiger partial charge in [-0.15, -0.1) is 11.3 Å². The molecule has 0 spiro atoms. The van der Waals surface area contributed by atoms with Gasteiger partial charge in [0, 0.05) is 11.1 Å². The third-order valence-electron chi connectivity index (χ3n) is 2.72. The first-order valence-electron chi connectivity index (χ1n) is 5.67. The van der Waals surface area contributed by atoms with Crippen molar-refractivity contribution < 1.29 is 9.90 Å². The van der Waals surface area contributed by atoms with Gasteiger partial charge in [0.25, 0.3) is 0 Å². The summed E-state index contributed by atoms with van der Waals surface area (Å²) < 4.78 is 0. The third-order valence-corrected chi connectivity index (χ3v) is 3.48. The van der Waals surface area contributed by atoms with E-state index in [4.69, 9.17) is 5.11 Å². The monoisotopic (exact) mass is 270 g/mol. The maximum Gasteiger partial charge on any atom is 0.355 e. The molecular formula is C14H10N2O2S. The van der Waals surface area contributed by atoms with Crippen LogP contribution in [0.4, 0.5) is 10.8 Å². The summed E-state index contributed by atoms with van der Waals surface area (Å²) in [6, 6.07) is 14.0. The highest BCUT2D eigenvalue weighted by Gasteiger charge is 2.08. The quantitative estimate of drug-likeness (QED) is 0.761. The lowest BCUT2D eigenvalue weighted by Gasteiger charge is -2.04. The lowest BCUT2D eigenvalue weighted by atomic mass is 10.1. The Morgan fingerprint density at radius 2 is 1.95 bits per heavy atom. The number of aromatic carboxylic acids is 1. The van der Waals surface area contributed by atoms with Crippen LogP contribution in [0.3, 0.4) is 0 Å². The van der Waals surface area contributed by atoms with Crippen molar-refractivity contribution in [3.05, 3.63) is 53.5 Å². The van der Waals surface area contributed by atoms with Crippen molar-refractivity contribution in [2.45, 2.75) is 0 Å². The lowest BCUT2D eigenvalue weighted by Crippen LogP contribution is -1.97. The minimum absolute atomic E-state index is 0.0632. The summed E-state index contributed by atoms with van der Waals surface area (Å²) in [4.78, 5) is 14.8. The average Bonchev–Trinajstić information content (AvgIpc) is 2.87. The zero-order chi connectivity index (χ0) is 13.2. The molecule has 1 aromatic heterocycles. The molecule has 19 heavy (non-hydrogen) atoms. The van der Waals surface area contributed by atoms with Crippen LogP contribution in [0.1, 0.15) is 10.5 Å². The van der Waals surface area contributed by atoms with Crippen LogP contribution in [0.25, 0.3) is 10.8 Å². The van der Waals surface area contributed by atoms with E-state index in [1.54, 1.807) is 0 Å². The fourth-order valence-electron chi connectivity index (χ4n) is 1.82. The summed E-state index contributed by atoms with van der Waals surface area (Å²) in [6.07, 6.45) is 0. The van der Waals surface area contributed by atoms with Gasteiger partial charge in [0.1, 0.15) is 0 Å². The van der Waals surface area contributed by atoms with Crippen LogP contribution in [-0.4, -0.2) is 16.1 Å². The van der Waals surface area contributed by atoms with E-state index in [1.165, 1.54) is 22.1 Å². The first kappa shape index (κ1) is 11.7. The van der Waals surface area contributed by atoms with Gasteiger partial charge in [-0.3, -0.25) is 0 Å². The largest absolute Gasteiger partial charge is 0.476 e. The second kappa shape index (κ2) is 4.70. The number of aromatic nitrogens is 1. The number of carbonyl (C=O) groups is 1. The van der Waals surface area contributed by atoms with Crippen molar-refractivity contribution in [3.63, 3.8) is 0 Å². The highest BCUT2D eigenvalue weighted by Crippen LogP contribution is 2.24. The normalized spacial score (nSPS) is 10.5. The van der Waals surface area contributed by atoms with Gasteiger partial charge in [-0.2, -0.15) is 0 Å². The Morgan fingerprint density at radius 3 is 2.68 bits per heavy atom. The number of carboxylic acids is 1. The van der Waals surface area contributed by atoms with Crippen molar-refractivity contribution in [1.29, 1.82) is 0 Å². The number of benzene rings is 2. The molecule has 0 bridgehead atoms. The van der Waals surface area contributed by atoms with Gasteiger partial charge in [0.2, 0.25) is 0 Å². The molecule has 1 heterocycles. The van der Waals surface area contributed by atoms with E-state index < -0.39 is 5.97 Å². The number of carboxylic acid groups (broad SMARTS) is 1. The number of hydrogen-bond donors (Lipinski definition) is 2. The van der Waals surface area contributed by atoms with Gasteiger partial charge in [-0.25, -0.2) is 9.78 Å². The SMILES string of the molecule is O=C(O)c1csc(Nc2ccc3ccccc3c2)n1. The van der Waals surface area contributed by atoms with Gasteiger partial charge in [-0.05, 0) is 22.9 Å². The molecule has 94 valence electrons. The van der Waals surface area contributed by atoms with Gasteiger partial charge >= 0.3 is 5.97 Å². The summed E-state index contributed by atoms with van der Waals surface area (Å²) in [6.45, 7) is 0. The standard InChI is InChI=1S/C14H10N2O2S/c17-13(18)12-8-19-14(16-12)15-11-6-5-9-3-1-2-4-10(9)7-11/h1-8H,(H,15,16)(H,17,18). The van der Waals surface area contributed by atoms with Crippen LogP contribution in [0, 0.1) is 0 Å². The molecule has 0 amide bonds. The Kier molecular flexibility index (Phi) is 2.89. The number of rotatable bonds is 3. The van der Waals surface area contributed by atoms with Gasteiger partial charge < -0.3 is 10.4 Å². The van der Waals surface area contributed by atoms with Crippen molar-refractivity contribution in [2.24, 2.45) is 0 Å². The number of hydrogen-bond acceptors (Lipinski definition) is 4. The minimum Gasteiger partial charge on any atom is -0.476 e. The summed E-state index contributed by atoms with van der Waals surface area (Å²) in [5.74, 6) is -1.01. The molecule has 4 nitrogen and oxygen atoms in total. The molecule has 2 aromatic carbocycles. The fraction of sp³-hybridized carbons (Fsp3) is 0. The molecule has 2 N–H and O–H groups in total. The molecule has 0 atom stereocenters. The number of nitrogens with zero attached hydrogens (tertiary/aromatic N) is 1. The molecule has 5 heteroatoms. The van der Waals surface area contributed by atoms with Gasteiger partial charge in [-0.1, -0.05) is 30.3 Å². The summed E-state index contributed by atoms with van der Waals surface area (Å²) in [5, 5.41) is 16.3. The molecular weight excluding hydrogens is 260 g/mol. The second-order valence-corrected chi connectivity index (χ2v) is 4.89. The Labute approximate surface area is 113 Å². The van der Waals surface area contributed by atoms with Crippen molar-refractivity contribution in [3.8, 4) is 0 Å². The molecule has 0 fully saturated rings. The zero-order valence-electron chi connectivity index (χ0n) is 9.83. The fourth-order valence-corrected chi connectivity index (χ4v) is 2.52. The van der Waals surface area contributed by atoms with Crippen molar-refractivity contribution in [2.75, 3.05) is 5.32 Å². The zero-order valence-corrected chi connectivity index (χ0v) is 10.6. The molecule has 0 saturated heterocycles. The van der Waals surface area contributed by atoms with Gasteiger partial charge in [0.15, 0.2) is 10.8 Å².